The summed E-state index contributed by atoms with van der Waals surface area (Å²) in [6.07, 6.45) is 0.538. The van der Waals surface area contributed by atoms with Crippen molar-refractivity contribution in [3.8, 4) is 11.8 Å². The Morgan fingerprint density at radius 3 is 2.62 bits per heavy atom. The second-order valence-electron chi connectivity index (χ2n) is 5.59. The van der Waals surface area contributed by atoms with Crippen LogP contribution >= 0.6 is 11.6 Å². The van der Waals surface area contributed by atoms with Crippen molar-refractivity contribution in [1.29, 1.82) is 5.26 Å². The van der Waals surface area contributed by atoms with Gasteiger partial charge in [0.25, 0.3) is 0 Å². The normalized spacial score (nSPS) is 12.0. The van der Waals surface area contributed by atoms with Crippen LogP contribution in [0.15, 0.2) is 48.5 Å². The summed E-state index contributed by atoms with van der Waals surface area (Å²) in [5.74, 6) is 0.490. The second-order valence-corrected chi connectivity index (χ2v) is 6.02. The van der Waals surface area contributed by atoms with Gasteiger partial charge < -0.3 is 14.7 Å². The van der Waals surface area contributed by atoms with Crippen LogP contribution in [-0.2, 0) is 0 Å². The number of halogens is 1. The number of hydrogen-bond donors (Lipinski definition) is 1. The van der Waals surface area contributed by atoms with Crippen LogP contribution in [0, 0.1) is 11.3 Å². The molecule has 2 rings (SSSR count). The van der Waals surface area contributed by atoms with Crippen molar-refractivity contribution in [3.63, 3.8) is 0 Å². The van der Waals surface area contributed by atoms with Crippen molar-refractivity contribution in [2.24, 2.45) is 0 Å². The van der Waals surface area contributed by atoms with E-state index in [4.69, 9.17) is 21.4 Å². The fraction of sp³-hybridized carbons (Fsp3) is 0.316. The minimum absolute atomic E-state index is 0.125. The van der Waals surface area contributed by atoms with Crippen molar-refractivity contribution < 1.29 is 9.84 Å². The zero-order chi connectivity index (χ0) is 17.4. The molecule has 4 nitrogen and oxygen atoms in total. The SMILES string of the molecule is CN(CCO)CC[C@@H](Oc1cc(Cl)ccc1C#N)c1ccccc1. The van der Waals surface area contributed by atoms with E-state index in [0.29, 0.717) is 22.9 Å². The highest BCUT2D eigenvalue weighted by Crippen LogP contribution is 2.29. The number of likely N-dealkylation sites (N-methyl/N-ethyl adjacent to an activating group) is 1. The minimum Gasteiger partial charge on any atom is -0.484 e. The lowest BCUT2D eigenvalue weighted by molar-refractivity contribution is 0.160. The summed E-state index contributed by atoms with van der Waals surface area (Å²) in [5.41, 5.74) is 1.50. The summed E-state index contributed by atoms with van der Waals surface area (Å²) in [6, 6.07) is 17.1. The Hall–Kier alpha value is -2.06. The van der Waals surface area contributed by atoms with Crippen LogP contribution in [0.4, 0.5) is 0 Å². The number of aliphatic hydroxyl groups is 1. The number of aliphatic hydroxyl groups excluding tert-OH is 1. The van der Waals surface area contributed by atoms with E-state index in [9.17, 15) is 5.26 Å². The molecule has 0 spiro atoms. The number of nitrogens with zero attached hydrogens (tertiary/aromatic N) is 2. The van der Waals surface area contributed by atoms with Gasteiger partial charge in [0.1, 0.15) is 17.9 Å². The number of rotatable bonds is 8. The molecular formula is C19H21ClN2O2. The van der Waals surface area contributed by atoms with Crippen LogP contribution in [0.2, 0.25) is 5.02 Å². The summed E-state index contributed by atoms with van der Waals surface area (Å²) in [7, 11) is 1.96. The van der Waals surface area contributed by atoms with Crippen molar-refractivity contribution in [2.45, 2.75) is 12.5 Å². The Morgan fingerprint density at radius 2 is 1.96 bits per heavy atom. The molecule has 0 heterocycles. The summed E-state index contributed by atoms with van der Waals surface area (Å²) in [5, 5.41) is 18.8. The Morgan fingerprint density at radius 1 is 1.21 bits per heavy atom. The van der Waals surface area contributed by atoms with Gasteiger partial charge in [0.2, 0.25) is 0 Å². The first-order valence-corrected chi connectivity index (χ1v) is 8.22. The standard InChI is InChI=1S/C19H21ClN2O2/c1-22(11-12-23)10-9-18(15-5-3-2-4-6-15)24-19-13-17(20)8-7-16(19)14-21/h2-8,13,18,23H,9-12H2,1H3/t18-/m1/s1. The fourth-order valence-electron chi connectivity index (χ4n) is 2.42. The molecule has 0 saturated carbocycles. The quantitative estimate of drug-likeness (QED) is 0.794. The van der Waals surface area contributed by atoms with E-state index in [-0.39, 0.29) is 12.7 Å². The van der Waals surface area contributed by atoms with Gasteiger partial charge in [0.05, 0.1) is 12.2 Å². The molecule has 1 N–H and O–H groups in total. The maximum Gasteiger partial charge on any atom is 0.139 e. The highest BCUT2D eigenvalue weighted by Gasteiger charge is 2.16. The maximum absolute atomic E-state index is 9.27. The van der Waals surface area contributed by atoms with E-state index in [1.807, 2.05) is 42.3 Å². The average Bonchev–Trinajstić information content (AvgIpc) is 2.60. The third-order valence-corrected chi connectivity index (χ3v) is 3.99. The summed E-state index contributed by atoms with van der Waals surface area (Å²) >= 11 is 6.05. The molecule has 24 heavy (non-hydrogen) atoms. The molecule has 2 aromatic carbocycles. The lowest BCUT2D eigenvalue weighted by Crippen LogP contribution is -2.25. The van der Waals surface area contributed by atoms with E-state index in [1.165, 1.54) is 0 Å². The zero-order valence-electron chi connectivity index (χ0n) is 13.7. The first kappa shape index (κ1) is 18.3. The number of benzene rings is 2. The summed E-state index contributed by atoms with van der Waals surface area (Å²) < 4.78 is 6.14. The van der Waals surface area contributed by atoms with Crippen LogP contribution < -0.4 is 4.74 Å². The zero-order valence-corrected chi connectivity index (χ0v) is 14.4. The van der Waals surface area contributed by atoms with Gasteiger partial charge in [-0.15, -0.1) is 0 Å². The Balaban J connectivity index is 2.20. The topological polar surface area (TPSA) is 56.5 Å². The molecule has 5 heteroatoms. The molecule has 0 aliphatic rings. The minimum atomic E-state index is -0.196. The predicted octanol–water partition coefficient (Wildman–Crippen LogP) is 3.65. The second kappa shape index (κ2) is 9.29. The molecule has 0 aromatic heterocycles. The van der Waals surface area contributed by atoms with Crippen LogP contribution in [0.3, 0.4) is 0 Å². The van der Waals surface area contributed by atoms with Gasteiger partial charge >= 0.3 is 0 Å². The molecular weight excluding hydrogens is 324 g/mol. The molecule has 0 bridgehead atoms. The third kappa shape index (κ3) is 5.24. The molecule has 1 atom stereocenters. The molecule has 0 aliphatic carbocycles. The molecule has 2 aromatic rings. The molecule has 0 amide bonds. The molecule has 0 unspecified atom stereocenters. The molecule has 0 saturated heterocycles. The third-order valence-electron chi connectivity index (χ3n) is 3.76. The van der Waals surface area contributed by atoms with Gasteiger partial charge in [0.15, 0.2) is 0 Å². The summed E-state index contributed by atoms with van der Waals surface area (Å²) in [4.78, 5) is 2.04. The Labute approximate surface area is 147 Å². The fourth-order valence-corrected chi connectivity index (χ4v) is 2.58. The van der Waals surface area contributed by atoms with Gasteiger partial charge in [-0.25, -0.2) is 0 Å². The van der Waals surface area contributed by atoms with Crippen LogP contribution in [0.5, 0.6) is 5.75 Å². The van der Waals surface area contributed by atoms with E-state index in [2.05, 4.69) is 6.07 Å². The molecule has 0 fully saturated rings. The first-order chi connectivity index (χ1) is 11.6. The van der Waals surface area contributed by atoms with Crippen molar-refractivity contribution in [3.05, 3.63) is 64.7 Å². The largest absolute Gasteiger partial charge is 0.484 e. The molecule has 126 valence electrons. The average molecular weight is 345 g/mol. The highest BCUT2D eigenvalue weighted by molar-refractivity contribution is 6.30. The van der Waals surface area contributed by atoms with Gasteiger partial charge in [-0.05, 0) is 24.7 Å². The van der Waals surface area contributed by atoms with Crippen molar-refractivity contribution in [2.75, 3.05) is 26.7 Å². The molecule has 0 radical (unpaired) electrons. The van der Waals surface area contributed by atoms with Crippen LogP contribution in [0.25, 0.3) is 0 Å². The van der Waals surface area contributed by atoms with Crippen LogP contribution in [0.1, 0.15) is 23.7 Å². The number of ether oxygens (including phenoxy) is 1. The van der Waals surface area contributed by atoms with Crippen molar-refractivity contribution in [1.82, 2.24) is 4.90 Å². The van der Waals surface area contributed by atoms with Gasteiger partial charge in [-0.3, -0.25) is 0 Å². The van der Waals surface area contributed by atoms with E-state index >= 15 is 0 Å². The van der Waals surface area contributed by atoms with Gasteiger partial charge in [0, 0.05) is 30.6 Å². The highest BCUT2D eigenvalue weighted by atomic mass is 35.5. The smallest absolute Gasteiger partial charge is 0.139 e. The first-order valence-electron chi connectivity index (χ1n) is 7.84. The Bertz CT molecular complexity index is 686. The van der Waals surface area contributed by atoms with Gasteiger partial charge in [-0.1, -0.05) is 41.9 Å². The Kier molecular flexibility index (Phi) is 7.07. The van der Waals surface area contributed by atoms with E-state index in [0.717, 1.165) is 18.5 Å². The number of hydrogen-bond acceptors (Lipinski definition) is 4. The lowest BCUT2D eigenvalue weighted by atomic mass is 10.1. The number of nitriles is 1. The van der Waals surface area contributed by atoms with E-state index in [1.54, 1.807) is 18.2 Å². The maximum atomic E-state index is 9.27. The van der Waals surface area contributed by atoms with Crippen LogP contribution in [-0.4, -0.2) is 36.8 Å². The summed E-state index contributed by atoms with van der Waals surface area (Å²) in [6.45, 7) is 1.50. The molecule has 0 aliphatic heterocycles. The monoisotopic (exact) mass is 344 g/mol. The van der Waals surface area contributed by atoms with E-state index < -0.39 is 0 Å². The van der Waals surface area contributed by atoms with Gasteiger partial charge in [-0.2, -0.15) is 5.26 Å². The van der Waals surface area contributed by atoms with Crippen molar-refractivity contribution >= 4 is 11.6 Å². The lowest BCUT2D eigenvalue weighted by Gasteiger charge is -2.23. The predicted molar refractivity (Wildman–Crippen MR) is 95.2 cm³/mol.